The van der Waals surface area contributed by atoms with Crippen LogP contribution in [0, 0.1) is 6.92 Å². The lowest BCUT2D eigenvalue weighted by atomic mass is 10.1. The summed E-state index contributed by atoms with van der Waals surface area (Å²) in [6.45, 7) is 1.68. The summed E-state index contributed by atoms with van der Waals surface area (Å²) < 4.78 is 6.53. The van der Waals surface area contributed by atoms with E-state index in [4.69, 9.17) is 4.74 Å². The molecule has 1 aromatic carbocycles. The SMILES string of the molecule is Cc1ccc(C(=O)OCc2cc(=O)n3ccsc3n2)c(O)c1. The minimum absolute atomic E-state index is 0.0829. The predicted molar refractivity (Wildman–Crippen MR) is 81.3 cm³/mol. The van der Waals surface area contributed by atoms with Crippen molar-refractivity contribution in [2.45, 2.75) is 13.5 Å². The molecule has 0 aliphatic heterocycles. The first-order chi connectivity index (χ1) is 10.5. The number of benzene rings is 1. The van der Waals surface area contributed by atoms with Gasteiger partial charge in [-0.1, -0.05) is 6.07 Å². The van der Waals surface area contributed by atoms with E-state index in [0.717, 1.165) is 5.56 Å². The van der Waals surface area contributed by atoms with Crippen LogP contribution in [0.1, 0.15) is 21.6 Å². The second kappa shape index (κ2) is 5.61. The maximum Gasteiger partial charge on any atom is 0.342 e. The maximum absolute atomic E-state index is 12.0. The van der Waals surface area contributed by atoms with Gasteiger partial charge in [0, 0.05) is 17.6 Å². The number of rotatable bonds is 3. The molecule has 0 amide bonds. The molecule has 6 nitrogen and oxygen atoms in total. The Morgan fingerprint density at radius 1 is 1.41 bits per heavy atom. The van der Waals surface area contributed by atoms with E-state index in [1.807, 2.05) is 6.92 Å². The highest BCUT2D eigenvalue weighted by Crippen LogP contribution is 2.19. The number of ether oxygens (including phenoxy) is 1. The molecular weight excluding hydrogens is 304 g/mol. The van der Waals surface area contributed by atoms with Gasteiger partial charge in [0.25, 0.3) is 5.56 Å². The van der Waals surface area contributed by atoms with Crippen molar-refractivity contribution in [3.05, 3.63) is 63.0 Å². The summed E-state index contributed by atoms with van der Waals surface area (Å²) in [6.07, 6.45) is 1.63. The number of phenolic OH excluding ortho intramolecular Hbond substituents is 1. The van der Waals surface area contributed by atoms with Gasteiger partial charge in [0.2, 0.25) is 0 Å². The molecule has 22 heavy (non-hydrogen) atoms. The average Bonchev–Trinajstić information content (AvgIpc) is 2.93. The first kappa shape index (κ1) is 14.3. The fourth-order valence-electron chi connectivity index (χ4n) is 1.99. The van der Waals surface area contributed by atoms with E-state index in [1.54, 1.807) is 17.6 Å². The fraction of sp³-hybridized carbons (Fsp3) is 0.133. The van der Waals surface area contributed by atoms with Gasteiger partial charge in [0.1, 0.15) is 17.9 Å². The molecule has 0 radical (unpaired) electrons. The molecule has 0 aliphatic rings. The Balaban J connectivity index is 1.78. The molecule has 7 heteroatoms. The summed E-state index contributed by atoms with van der Waals surface area (Å²) in [5, 5.41) is 11.5. The van der Waals surface area contributed by atoms with Crippen molar-refractivity contribution < 1.29 is 14.6 Å². The van der Waals surface area contributed by atoms with E-state index in [2.05, 4.69) is 4.98 Å². The molecule has 112 valence electrons. The standard InChI is InChI=1S/C15H12N2O4S/c1-9-2-3-11(12(18)6-9)14(20)21-8-10-7-13(19)17-4-5-22-15(17)16-10/h2-7,18H,8H2,1H3. The van der Waals surface area contributed by atoms with Crippen LogP contribution in [0.15, 0.2) is 40.6 Å². The number of phenols is 1. The molecule has 0 fully saturated rings. The Hall–Kier alpha value is -2.67. The number of aromatic nitrogens is 2. The number of carbonyl (C=O) groups excluding carboxylic acids is 1. The molecule has 0 saturated heterocycles. The van der Waals surface area contributed by atoms with Crippen molar-refractivity contribution in [1.29, 1.82) is 0 Å². The molecule has 2 heterocycles. The zero-order chi connectivity index (χ0) is 15.7. The predicted octanol–water partition coefficient (Wildman–Crippen LogP) is 2.13. The minimum Gasteiger partial charge on any atom is -0.507 e. The monoisotopic (exact) mass is 316 g/mol. The number of aromatic hydroxyl groups is 1. The summed E-state index contributed by atoms with van der Waals surface area (Å²) >= 11 is 1.32. The van der Waals surface area contributed by atoms with E-state index >= 15 is 0 Å². The molecule has 0 atom stereocenters. The molecule has 3 aromatic rings. The third kappa shape index (κ3) is 2.71. The third-order valence-electron chi connectivity index (χ3n) is 3.08. The molecule has 0 unspecified atom stereocenters. The number of carbonyl (C=O) groups is 1. The van der Waals surface area contributed by atoms with Gasteiger partial charge >= 0.3 is 5.97 Å². The van der Waals surface area contributed by atoms with E-state index in [0.29, 0.717) is 10.7 Å². The highest BCUT2D eigenvalue weighted by Gasteiger charge is 2.13. The van der Waals surface area contributed by atoms with Crippen molar-refractivity contribution in [3.8, 4) is 5.75 Å². The van der Waals surface area contributed by atoms with Crippen molar-refractivity contribution in [2.24, 2.45) is 0 Å². The summed E-state index contributed by atoms with van der Waals surface area (Å²) in [5.74, 6) is -0.794. The Morgan fingerprint density at radius 2 is 2.23 bits per heavy atom. The molecule has 1 N–H and O–H groups in total. The second-order valence-electron chi connectivity index (χ2n) is 4.74. The van der Waals surface area contributed by atoms with Crippen LogP contribution in [-0.4, -0.2) is 20.5 Å². The van der Waals surface area contributed by atoms with Gasteiger partial charge in [0.05, 0.1) is 5.69 Å². The first-order valence-corrected chi connectivity index (χ1v) is 7.35. The van der Waals surface area contributed by atoms with Crippen molar-refractivity contribution in [2.75, 3.05) is 0 Å². The topological polar surface area (TPSA) is 80.9 Å². The van der Waals surface area contributed by atoms with Gasteiger partial charge in [0.15, 0.2) is 4.96 Å². The van der Waals surface area contributed by atoms with Crippen LogP contribution in [-0.2, 0) is 11.3 Å². The van der Waals surface area contributed by atoms with Crippen molar-refractivity contribution >= 4 is 22.3 Å². The largest absolute Gasteiger partial charge is 0.507 e. The second-order valence-corrected chi connectivity index (χ2v) is 5.61. The summed E-state index contributed by atoms with van der Waals surface area (Å²) in [7, 11) is 0. The molecule has 0 saturated carbocycles. The summed E-state index contributed by atoms with van der Waals surface area (Å²) in [4.78, 5) is 28.6. The molecule has 0 spiro atoms. The average molecular weight is 316 g/mol. The van der Waals surface area contributed by atoms with Crippen LogP contribution in [0.5, 0.6) is 5.75 Å². The van der Waals surface area contributed by atoms with Crippen LogP contribution in [0.25, 0.3) is 4.96 Å². The lowest BCUT2D eigenvalue weighted by molar-refractivity contribution is 0.0464. The van der Waals surface area contributed by atoms with E-state index in [-0.39, 0.29) is 23.5 Å². The van der Waals surface area contributed by atoms with Gasteiger partial charge in [-0.05, 0) is 24.6 Å². The summed E-state index contributed by atoms with van der Waals surface area (Å²) in [5.41, 5.74) is 1.06. The fourth-order valence-corrected chi connectivity index (χ4v) is 2.73. The molecule has 2 aromatic heterocycles. The first-order valence-electron chi connectivity index (χ1n) is 6.47. The summed E-state index contributed by atoms with van der Waals surface area (Å²) in [6, 6.07) is 6.01. The molecule has 0 bridgehead atoms. The number of aryl methyl sites for hydroxylation is 1. The van der Waals surface area contributed by atoms with Crippen LogP contribution in [0.3, 0.4) is 0 Å². The number of fused-ring (bicyclic) bond motifs is 1. The number of esters is 1. The van der Waals surface area contributed by atoms with Crippen LogP contribution in [0.2, 0.25) is 0 Å². The van der Waals surface area contributed by atoms with Gasteiger partial charge in [-0.2, -0.15) is 0 Å². The minimum atomic E-state index is -0.661. The zero-order valence-electron chi connectivity index (χ0n) is 11.6. The lowest BCUT2D eigenvalue weighted by Gasteiger charge is -2.06. The Kier molecular flexibility index (Phi) is 3.64. The van der Waals surface area contributed by atoms with Crippen LogP contribution >= 0.6 is 11.3 Å². The highest BCUT2D eigenvalue weighted by molar-refractivity contribution is 7.15. The Bertz CT molecular complexity index is 913. The number of hydrogen-bond donors (Lipinski definition) is 1. The van der Waals surface area contributed by atoms with Gasteiger partial charge in [-0.3, -0.25) is 9.20 Å². The van der Waals surface area contributed by atoms with E-state index in [9.17, 15) is 14.7 Å². The maximum atomic E-state index is 12.0. The Morgan fingerprint density at radius 3 is 3.00 bits per heavy atom. The smallest absolute Gasteiger partial charge is 0.342 e. The number of nitrogens with zero attached hydrogens (tertiary/aromatic N) is 2. The van der Waals surface area contributed by atoms with E-state index in [1.165, 1.54) is 33.9 Å². The highest BCUT2D eigenvalue weighted by atomic mass is 32.1. The normalized spacial score (nSPS) is 10.8. The quantitative estimate of drug-likeness (QED) is 0.749. The van der Waals surface area contributed by atoms with Crippen LogP contribution < -0.4 is 5.56 Å². The zero-order valence-corrected chi connectivity index (χ0v) is 12.5. The Labute approximate surface area is 129 Å². The molecule has 0 aliphatic carbocycles. The molecule has 3 rings (SSSR count). The third-order valence-corrected chi connectivity index (χ3v) is 3.84. The van der Waals surface area contributed by atoms with Crippen LogP contribution in [0.4, 0.5) is 0 Å². The van der Waals surface area contributed by atoms with Gasteiger partial charge in [-0.25, -0.2) is 9.78 Å². The van der Waals surface area contributed by atoms with Gasteiger partial charge < -0.3 is 9.84 Å². The van der Waals surface area contributed by atoms with E-state index < -0.39 is 5.97 Å². The van der Waals surface area contributed by atoms with Crippen molar-refractivity contribution in [1.82, 2.24) is 9.38 Å². The van der Waals surface area contributed by atoms with Gasteiger partial charge in [-0.15, -0.1) is 11.3 Å². The number of hydrogen-bond acceptors (Lipinski definition) is 6. The lowest BCUT2D eigenvalue weighted by Crippen LogP contribution is -2.14. The number of thiazole rings is 1. The van der Waals surface area contributed by atoms with Crippen molar-refractivity contribution in [3.63, 3.8) is 0 Å². The molecular formula is C15H12N2O4S.